The molecule has 0 heterocycles. The van der Waals surface area contributed by atoms with Gasteiger partial charge in [0.2, 0.25) is 11.8 Å². The average Bonchev–Trinajstić information content (AvgIpc) is 2.99. The smallest absolute Gasteiger partial charge is 0.475 e. The lowest BCUT2D eigenvalue weighted by atomic mass is 9.83. The molecule has 1 aromatic carbocycles. The van der Waals surface area contributed by atoms with Crippen molar-refractivity contribution in [3.8, 4) is 0 Å². The standard InChI is InChI=1S/C27H43N7O4.C2HF3O2/c1-33(2)25(36)21(17-18-11-13-20(14-12-18)23(29)30)24(35)32-22(19-9-5-4-6-10-19)26(37)34(3)27(38)31-16-8-7-15-28;3-2(4,5)1(6)7/h11-14,19,21-22H,4-10,15-17,28H2,1-3H3,(H3,29,30)(H,31,38)(H,32,35);(H,6,7)/t21?,22-;/m0./s1. The van der Waals surface area contributed by atoms with Crippen LogP contribution in [-0.2, 0) is 25.6 Å². The average molecular weight is 644 g/mol. The quantitative estimate of drug-likeness (QED) is 0.0854. The molecule has 13 nitrogen and oxygen atoms in total. The topological polar surface area (TPSA) is 212 Å². The number of likely N-dealkylation sites (N-methyl/N-ethyl adjacent to an activating group) is 1. The molecule has 0 spiro atoms. The van der Waals surface area contributed by atoms with Gasteiger partial charge < -0.3 is 32.1 Å². The van der Waals surface area contributed by atoms with Gasteiger partial charge >= 0.3 is 18.2 Å². The number of carboxylic acid groups (broad SMARTS) is 1. The highest BCUT2D eigenvalue weighted by atomic mass is 19.4. The molecule has 1 aromatic rings. The molecule has 2 rings (SSSR count). The second-order valence-electron chi connectivity index (χ2n) is 10.9. The number of amides is 5. The molecule has 1 aliphatic carbocycles. The Morgan fingerprint density at radius 2 is 1.56 bits per heavy atom. The largest absolute Gasteiger partial charge is 0.490 e. The summed E-state index contributed by atoms with van der Waals surface area (Å²) < 4.78 is 31.7. The van der Waals surface area contributed by atoms with Crippen LogP contribution in [-0.4, -0.2) is 96.9 Å². The normalized spacial score (nSPS) is 14.6. The first kappa shape index (κ1) is 38.8. The predicted molar refractivity (Wildman–Crippen MR) is 160 cm³/mol. The number of unbranched alkanes of at least 4 members (excludes halogenated alkanes) is 1. The maximum absolute atomic E-state index is 13.6. The van der Waals surface area contributed by atoms with Crippen LogP contribution < -0.4 is 22.1 Å². The molecule has 0 bridgehead atoms. The van der Waals surface area contributed by atoms with Crippen LogP contribution in [0.15, 0.2) is 24.3 Å². The molecule has 1 saturated carbocycles. The van der Waals surface area contributed by atoms with Crippen molar-refractivity contribution in [1.82, 2.24) is 20.4 Å². The molecular weight excluding hydrogens is 599 g/mol. The van der Waals surface area contributed by atoms with Crippen molar-refractivity contribution in [3.63, 3.8) is 0 Å². The highest BCUT2D eigenvalue weighted by molar-refractivity contribution is 6.03. The first-order valence-electron chi connectivity index (χ1n) is 14.5. The fraction of sp³-hybridized carbons (Fsp3) is 0.586. The van der Waals surface area contributed by atoms with Gasteiger partial charge in [0.1, 0.15) is 17.8 Å². The van der Waals surface area contributed by atoms with Crippen molar-refractivity contribution in [2.24, 2.45) is 23.3 Å². The number of aliphatic carboxylic acids is 1. The first-order chi connectivity index (χ1) is 21.0. The number of nitrogens with zero attached hydrogens (tertiary/aromatic N) is 2. The van der Waals surface area contributed by atoms with Gasteiger partial charge in [-0.1, -0.05) is 43.5 Å². The summed E-state index contributed by atoms with van der Waals surface area (Å²) in [5.74, 6) is -5.47. The number of rotatable bonds is 12. The van der Waals surface area contributed by atoms with E-state index in [0.29, 0.717) is 25.1 Å². The van der Waals surface area contributed by atoms with E-state index in [-0.39, 0.29) is 24.1 Å². The van der Waals surface area contributed by atoms with Gasteiger partial charge in [-0.05, 0) is 50.1 Å². The molecule has 0 saturated heterocycles. The number of imide groups is 1. The number of nitrogens with two attached hydrogens (primary N) is 2. The van der Waals surface area contributed by atoms with E-state index in [1.807, 2.05) is 0 Å². The van der Waals surface area contributed by atoms with Crippen molar-refractivity contribution in [2.45, 2.75) is 63.6 Å². The Balaban J connectivity index is 0.00000129. The summed E-state index contributed by atoms with van der Waals surface area (Å²) in [4.78, 5) is 64.0. The molecule has 1 unspecified atom stereocenters. The van der Waals surface area contributed by atoms with Crippen LogP contribution in [0.3, 0.4) is 0 Å². The zero-order valence-corrected chi connectivity index (χ0v) is 25.8. The SMILES string of the molecule is CN(C)C(=O)C(Cc1ccc(C(=N)N)cc1)C(=O)N[C@H](C(=O)N(C)C(=O)NCCCCN)C1CCCCC1.O=C(O)C(F)(F)F. The molecule has 0 radical (unpaired) electrons. The number of nitrogens with one attached hydrogen (secondary N) is 3. The Bertz CT molecular complexity index is 1170. The number of amidine groups is 1. The van der Waals surface area contributed by atoms with Crippen LogP contribution in [0.2, 0.25) is 0 Å². The highest BCUT2D eigenvalue weighted by Gasteiger charge is 2.39. The van der Waals surface area contributed by atoms with Gasteiger partial charge in [0.15, 0.2) is 0 Å². The Morgan fingerprint density at radius 1 is 1.00 bits per heavy atom. The van der Waals surface area contributed by atoms with E-state index in [1.165, 1.54) is 11.9 Å². The molecule has 8 N–H and O–H groups in total. The Kier molecular flexibility index (Phi) is 16.0. The predicted octanol–water partition coefficient (Wildman–Crippen LogP) is 1.82. The molecule has 2 atom stereocenters. The van der Waals surface area contributed by atoms with Crippen LogP contribution in [0, 0.1) is 17.2 Å². The fourth-order valence-electron chi connectivity index (χ4n) is 4.65. The number of carbonyl (C=O) groups is 5. The number of urea groups is 1. The number of halogens is 3. The van der Waals surface area contributed by atoms with Gasteiger partial charge in [-0.3, -0.25) is 24.7 Å². The minimum Gasteiger partial charge on any atom is -0.475 e. The summed E-state index contributed by atoms with van der Waals surface area (Å²) in [6, 6.07) is 5.34. The van der Waals surface area contributed by atoms with Crippen LogP contribution in [0.4, 0.5) is 18.0 Å². The van der Waals surface area contributed by atoms with E-state index in [4.69, 9.17) is 26.8 Å². The number of alkyl halides is 3. The van der Waals surface area contributed by atoms with Crippen molar-refractivity contribution in [1.29, 1.82) is 5.41 Å². The van der Waals surface area contributed by atoms with Gasteiger partial charge in [0, 0.05) is 33.3 Å². The number of carboxylic acids is 1. The summed E-state index contributed by atoms with van der Waals surface area (Å²) >= 11 is 0. The fourth-order valence-corrected chi connectivity index (χ4v) is 4.65. The molecule has 1 aliphatic rings. The maximum atomic E-state index is 13.6. The maximum Gasteiger partial charge on any atom is 0.490 e. The van der Waals surface area contributed by atoms with E-state index in [9.17, 15) is 32.3 Å². The number of nitrogen functional groups attached to an aromatic ring is 1. The molecule has 0 aromatic heterocycles. The first-order valence-corrected chi connectivity index (χ1v) is 14.5. The van der Waals surface area contributed by atoms with Crippen molar-refractivity contribution in [3.05, 3.63) is 35.4 Å². The molecule has 5 amide bonds. The molecule has 252 valence electrons. The number of hydrogen-bond acceptors (Lipinski definition) is 7. The van der Waals surface area contributed by atoms with Crippen molar-refractivity contribution >= 4 is 35.6 Å². The third kappa shape index (κ3) is 13.1. The molecular formula is C29H44F3N7O6. The minimum absolute atomic E-state index is 0.0726. The van der Waals surface area contributed by atoms with Crippen molar-refractivity contribution < 1.29 is 42.3 Å². The zero-order valence-electron chi connectivity index (χ0n) is 25.8. The van der Waals surface area contributed by atoms with E-state index in [1.54, 1.807) is 38.4 Å². The van der Waals surface area contributed by atoms with Crippen LogP contribution in [0.25, 0.3) is 0 Å². The number of carbonyl (C=O) groups excluding carboxylic acids is 4. The zero-order chi connectivity index (χ0) is 34.3. The summed E-state index contributed by atoms with van der Waals surface area (Å²) in [6.07, 6.45) is 0.920. The van der Waals surface area contributed by atoms with E-state index < -0.39 is 42.0 Å². The lowest BCUT2D eigenvalue weighted by Crippen LogP contribution is -2.56. The van der Waals surface area contributed by atoms with Crippen molar-refractivity contribution in [2.75, 3.05) is 34.2 Å². The van der Waals surface area contributed by atoms with E-state index >= 15 is 0 Å². The molecule has 0 aliphatic heterocycles. The van der Waals surface area contributed by atoms with Crippen LogP contribution in [0.1, 0.15) is 56.1 Å². The Labute approximate surface area is 260 Å². The van der Waals surface area contributed by atoms with Gasteiger partial charge in [-0.15, -0.1) is 0 Å². The van der Waals surface area contributed by atoms with Gasteiger partial charge in [-0.2, -0.15) is 13.2 Å². The van der Waals surface area contributed by atoms with E-state index in [0.717, 1.165) is 49.0 Å². The third-order valence-corrected chi connectivity index (χ3v) is 7.23. The molecule has 45 heavy (non-hydrogen) atoms. The second kappa shape index (κ2) is 18.6. The van der Waals surface area contributed by atoms with Gasteiger partial charge in [0.25, 0.3) is 5.91 Å². The summed E-state index contributed by atoms with van der Waals surface area (Å²) in [6.45, 7) is 0.921. The van der Waals surface area contributed by atoms with Gasteiger partial charge in [-0.25, -0.2) is 9.59 Å². The Hall–Kier alpha value is -4.21. The lowest BCUT2D eigenvalue weighted by molar-refractivity contribution is -0.192. The summed E-state index contributed by atoms with van der Waals surface area (Å²) in [5.41, 5.74) is 12.3. The molecule has 1 fully saturated rings. The second-order valence-corrected chi connectivity index (χ2v) is 10.9. The minimum atomic E-state index is -5.08. The number of benzene rings is 1. The van der Waals surface area contributed by atoms with Crippen LogP contribution >= 0.6 is 0 Å². The molecule has 16 heteroatoms. The lowest BCUT2D eigenvalue weighted by Gasteiger charge is -2.33. The monoisotopic (exact) mass is 643 g/mol. The van der Waals surface area contributed by atoms with Crippen LogP contribution in [0.5, 0.6) is 0 Å². The summed E-state index contributed by atoms with van der Waals surface area (Å²) in [7, 11) is 4.56. The number of hydrogen-bond donors (Lipinski definition) is 6. The third-order valence-electron chi connectivity index (χ3n) is 7.23. The Morgan fingerprint density at radius 3 is 2.02 bits per heavy atom. The van der Waals surface area contributed by atoms with E-state index in [2.05, 4.69) is 10.6 Å². The summed E-state index contributed by atoms with van der Waals surface area (Å²) in [5, 5.41) is 20.3. The van der Waals surface area contributed by atoms with Gasteiger partial charge in [0.05, 0.1) is 0 Å². The highest BCUT2D eigenvalue weighted by Crippen LogP contribution is 2.28.